The maximum Gasteiger partial charge on any atom is 0.255 e. The molecular weight excluding hydrogens is 534 g/mol. The second-order valence-electron chi connectivity index (χ2n) is 10.3. The first-order valence-electron chi connectivity index (χ1n) is 14.2. The lowest BCUT2D eigenvalue weighted by molar-refractivity contribution is 0.0734. The van der Waals surface area contributed by atoms with E-state index in [-0.39, 0.29) is 17.7 Å². The van der Waals surface area contributed by atoms with Crippen molar-refractivity contribution in [3.05, 3.63) is 83.4 Å². The summed E-state index contributed by atoms with van der Waals surface area (Å²) in [4.78, 5) is 45.7. The number of carbonyl (C=O) groups is 3. The fraction of sp³-hybridized carbons (Fsp3) is 0.344. The third-order valence-electron chi connectivity index (χ3n) is 7.69. The Morgan fingerprint density at radius 2 is 1.36 bits per heavy atom. The summed E-state index contributed by atoms with van der Waals surface area (Å²) in [7, 11) is 3.11. The molecule has 0 radical (unpaired) electrons. The summed E-state index contributed by atoms with van der Waals surface area (Å²) in [6.45, 7) is 5.15. The molecule has 0 spiro atoms. The predicted octanol–water partition coefficient (Wildman–Crippen LogP) is 3.35. The van der Waals surface area contributed by atoms with Crippen molar-refractivity contribution in [2.45, 2.75) is 6.42 Å². The summed E-state index contributed by atoms with van der Waals surface area (Å²) in [5, 5.41) is 6.33. The molecule has 2 aliphatic rings. The van der Waals surface area contributed by atoms with E-state index in [0.29, 0.717) is 73.1 Å². The summed E-state index contributed by atoms with van der Waals surface area (Å²) in [5.74, 6) is 0.700. The van der Waals surface area contributed by atoms with Gasteiger partial charge in [0.2, 0.25) is 0 Å². The summed E-state index contributed by atoms with van der Waals surface area (Å²) < 4.78 is 10.7. The van der Waals surface area contributed by atoms with Gasteiger partial charge in [-0.2, -0.15) is 0 Å². The predicted molar refractivity (Wildman–Crippen MR) is 162 cm³/mol. The normalized spacial score (nSPS) is 15.5. The molecule has 0 atom stereocenters. The quantitative estimate of drug-likeness (QED) is 0.448. The number of hydrogen-bond donors (Lipinski definition) is 2. The molecule has 0 saturated carbocycles. The van der Waals surface area contributed by atoms with Crippen LogP contribution in [0.15, 0.2) is 66.7 Å². The topological polar surface area (TPSA) is 103 Å². The minimum absolute atomic E-state index is 0.0548. The monoisotopic (exact) mass is 571 g/mol. The van der Waals surface area contributed by atoms with Crippen LogP contribution in [0, 0.1) is 0 Å². The van der Waals surface area contributed by atoms with Gasteiger partial charge in [0.25, 0.3) is 17.7 Å². The number of hydrogen-bond acceptors (Lipinski definition) is 7. The van der Waals surface area contributed by atoms with E-state index in [1.165, 1.54) is 0 Å². The van der Waals surface area contributed by atoms with Gasteiger partial charge in [0.1, 0.15) is 0 Å². The van der Waals surface area contributed by atoms with Crippen LogP contribution in [0.2, 0.25) is 0 Å². The molecule has 3 amide bonds. The number of rotatable bonds is 7. The van der Waals surface area contributed by atoms with Gasteiger partial charge in [-0.15, -0.1) is 0 Å². The molecule has 2 saturated heterocycles. The van der Waals surface area contributed by atoms with E-state index in [2.05, 4.69) is 15.5 Å². The van der Waals surface area contributed by atoms with Crippen LogP contribution in [0.5, 0.6) is 11.5 Å². The number of carbonyl (C=O) groups excluding carboxylic acids is 3. The number of amides is 3. The highest BCUT2D eigenvalue weighted by Crippen LogP contribution is 2.31. The van der Waals surface area contributed by atoms with Gasteiger partial charge in [-0.05, 0) is 55.0 Å². The van der Waals surface area contributed by atoms with Gasteiger partial charge >= 0.3 is 0 Å². The largest absolute Gasteiger partial charge is 0.493 e. The number of nitrogens with one attached hydrogen (secondary N) is 2. The molecule has 10 heteroatoms. The van der Waals surface area contributed by atoms with Crippen LogP contribution in [0.3, 0.4) is 0 Å². The number of benzene rings is 3. The van der Waals surface area contributed by atoms with E-state index in [1.54, 1.807) is 50.6 Å². The van der Waals surface area contributed by atoms with Crippen molar-refractivity contribution in [3.8, 4) is 11.5 Å². The van der Waals surface area contributed by atoms with Crippen molar-refractivity contribution < 1.29 is 23.9 Å². The minimum atomic E-state index is -0.247. The van der Waals surface area contributed by atoms with Crippen LogP contribution < -0.4 is 25.0 Å². The van der Waals surface area contributed by atoms with E-state index >= 15 is 0 Å². The zero-order chi connectivity index (χ0) is 29.5. The molecule has 2 aliphatic heterocycles. The molecule has 0 aliphatic carbocycles. The van der Waals surface area contributed by atoms with Crippen LogP contribution in [-0.2, 0) is 0 Å². The van der Waals surface area contributed by atoms with Gasteiger partial charge in [-0.25, -0.2) is 0 Å². The Morgan fingerprint density at radius 3 is 2.07 bits per heavy atom. The summed E-state index contributed by atoms with van der Waals surface area (Å²) in [6.07, 6.45) is 0.743. The molecule has 3 aromatic carbocycles. The Bertz CT molecular complexity index is 1420. The van der Waals surface area contributed by atoms with Crippen molar-refractivity contribution in [3.63, 3.8) is 0 Å². The zero-order valence-electron chi connectivity index (χ0n) is 24.1. The standard InChI is InChI=1S/C32H37N5O5/c1-41-28-12-10-25(22-29(28)42-2)32(40)36-16-6-15-35(19-20-36)27-11-9-24(31(39)37-17-13-33-14-18-37)21-26(27)34-30(38)23-7-4-3-5-8-23/h3-5,7-12,21-22,33H,6,13-20H2,1-2H3,(H,34,38). The number of anilines is 2. The molecule has 10 nitrogen and oxygen atoms in total. The van der Waals surface area contributed by atoms with E-state index in [4.69, 9.17) is 9.47 Å². The fourth-order valence-corrected chi connectivity index (χ4v) is 5.39. The molecule has 3 aromatic rings. The average molecular weight is 572 g/mol. The highest BCUT2D eigenvalue weighted by molar-refractivity contribution is 6.07. The smallest absolute Gasteiger partial charge is 0.255 e. The van der Waals surface area contributed by atoms with E-state index < -0.39 is 0 Å². The van der Waals surface area contributed by atoms with Crippen molar-refractivity contribution in [1.82, 2.24) is 15.1 Å². The van der Waals surface area contributed by atoms with Crippen molar-refractivity contribution in [2.24, 2.45) is 0 Å². The summed E-state index contributed by atoms with van der Waals surface area (Å²) in [5.41, 5.74) is 2.99. The molecule has 0 unspecified atom stereocenters. The van der Waals surface area contributed by atoms with Gasteiger partial charge in [0.05, 0.1) is 25.6 Å². The first-order valence-corrected chi connectivity index (χ1v) is 14.2. The van der Waals surface area contributed by atoms with Gasteiger partial charge in [0, 0.05) is 69.0 Å². The van der Waals surface area contributed by atoms with Crippen LogP contribution in [0.1, 0.15) is 37.5 Å². The SMILES string of the molecule is COc1ccc(C(=O)N2CCCN(c3ccc(C(=O)N4CCNCC4)cc3NC(=O)c3ccccc3)CC2)cc1OC. The van der Waals surface area contributed by atoms with E-state index in [1.807, 2.05) is 40.1 Å². The number of methoxy groups -OCH3 is 2. The van der Waals surface area contributed by atoms with Gasteiger partial charge in [0.15, 0.2) is 11.5 Å². The second kappa shape index (κ2) is 13.4. The highest BCUT2D eigenvalue weighted by atomic mass is 16.5. The number of ether oxygens (including phenoxy) is 2. The molecule has 42 heavy (non-hydrogen) atoms. The summed E-state index contributed by atoms with van der Waals surface area (Å²) in [6, 6.07) is 19.7. The molecule has 0 bridgehead atoms. The molecule has 2 heterocycles. The number of nitrogens with zero attached hydrogens (tertiary/aromatic N) is 3. The summed E-state index contributed by atoms with van der Waals surface area (Å²) >= 11 is 0. The van der Waals surface area contributed by atoms with Gasteiger partial charge < -0.3 is 34.8 Å². The molecule has 5 rings (SSSR count). The van der Waals surface area contributed by atoms with Crippen molar-refractivity contribution in [2.75, 3.05) is 76.8 Å². The Labute approximate surface area is 246 Å². The van der Waals surface area contributed by atoms with Crippen LogP contribution >= 0.6 is 0 Å². The van der Waals surface area contributed by atoms with Crippen LogP contribution in [0.4, 0.5) is 11.4 Å². The minimum Gasteiger partial charge on any atom is -0.493 e. The third kappa shape index (κ3) is 6.49. The molecule has 2 N–H and O–H groups in total. The first kappa shape index (κ1) is 28.9. The molecule has 2 fully saturated rings. The van der Waals surface area contributed by atoms with Gasteiger partial charge in [-0.3, -0.25) is 14.4 Å². The maximum absolute atomic E-state index is 13.4. The maximum atomic E-state index is 13.4. The zero-order valence-corrected chi connectivity index (χ0v) is 24.1. The van der Waals surface area contributed by atoms with E-state index in [0.717, 1.165) is 25.2 Å². The van der Waals surface area contributed by atoms with E-state index in [9.17, 15) is 14.4 Å². The number of piperazine rings is 1. The highest BCUT2D eigenvalue weighted by Gasteiger charge is 2.25. The molecule has 0 aromatic heterocycles. The molecular formula is C32H37N5O5. The Kier molecular flexibility index (Phi) is 9.23. The van der Waals surface area contributed by atoms with Crippen molar-refractivity contribution >= 4 is 29.1 Å². The lowest BCUT2D eigenvalue weighted by atomic mass is 10.1. The third-order valence-corrected chi connectivity index (χ3v) is 7.69. The Morgan fingerprint density at radius 1 is 0.690 bits per heavy atom. The fourth-order valence-electron chi connectivity index (χ4n) is 5.39. The Hall–Kier alpha value is -4.57. The Balaban J connectivity index is 1.37. The van der Waals surface area contributed by atoms with Crippen LogP contribution in [-0.4, -0.2) is 94.1 Å². The molecule has 220 valence electrons. The van der Waals surface area contributed by atoms with Crippen molar-refractivity contribution in [1.29, 1.82) is 0 Å². The lowest BCUT2D eigenvalue weighted by Crippen LogP contribution is -2.46. The van der Waals surface area contributed by atoms with Crippen LogP contribution in [0.25, 0.3) is 0 Å². The first-order chi connectivity index (χ1) is 20.5. The second-order valence-corrected chi connectivity index (χ2v) is 10.3. The lowest BCUT2D eigenvalue weighted by Gasteiger charge is -2.29. The van der Waals surface area contributed by atoms with Gasteiger partial charge in [-0.1, -0.05) is 18.2 Å². The average Bonchev–Trinajstić information content (AvgIpc) is 3.31.